The Hall–Kier alpha value is -0.610. The Morgan fingerprint density at radius 3 is 2.70 bits per heavy atom. The molecule has 1 aliphatic carbocycles. The Balaban J connectivity index is 1.89. The molecule has 1 amide bonds. The van der Waals surface area contributed by atoms with Gasteiger partial charge in [-0.05, 0) is 57.2 Å². The third-order valence-corrected chi connectivity index (χ3v) is 5.24. The summed E-state index contributed by atoms with van der Waals surface area (Å²) in [4.78, 5) is 14.7. The average molecular weight is 281 g/mol. The second-order valence-corrected chi connectivity index (χ2v) is 6.85. The molecule has 1 unspecified atom stereocenters. The maximum absolute atomic E-state index is 12.6. The van der Waals surface area contributed by atoms with Crippen molar-refractivity contribution in [2.45, 2.75) is 51.4 Å². The summed E-state index contributed by atoms with van der Waals surface area (Å²) < 4.78 is 0. The molecule has 2 aliphatic rings. The first-order valence-electron chi connectivity index (χ1n) is 8.31. The number of carbonyl (C=O) groups excluding carboxylic acids is 1. The highest BCUT2D eigenvalue weighted by molar-refractivity contribution is 5.77. The molecule has 1 heterocycles. The van der Waals surface area contributed by atoms with Gasteiger partial charge < -0.3 is 16.0 Å². The Labute approximate surface area is 123 Å². The molecule has 20 heavy (non-hydrogen) atoms. The first kappa shape index (κ1) is 15.8. The number of rotatable bonds is 5. The summed E-state index contributed by atoms with van der Waals surface area (Å²) in [5, 5.41) is 3.24. The fourth-order valence-electron chi connectivity index (χ4n) is 3.93. The second kappa shape index (κ2) is 7.41. The van der Waals surface area contributed by atoms with E-state index in [4.69, 9.17) is 5.73 Å². The van der Waals surface area contributed by atoms with Gasteiger partial charge in [0.25, 0.3) is 0 Å². The van der Waals surface area contributed by atoms with Crippen molar-refractivity contribution in [3.8, 4) is 0 Å². The van der Waals surface area contributed by atoms with E-state index in [0.717, 1.165) is 38.9 Å². The third kappa shape index (κ3) is 3.95. The van der Waals surface area contributed by atoms with E-state index in [0.29, 0.717) is 24.8 Å². The minimum Gasteiger partial charge on any atom is -0.342 e. The quantitative estimate of drug-likeness (QED) is 0.807. The van der Waals surface area contributed by atoms with Crippen LogP contribution in [-0.2, 0) is 4.79 Å². The summed E-state index contributed by atoms with van der Waals surface area (Å²) in [5.41, 5.74) is 6.11. The number of nitrogens with zero attached hydrogens (tertiary/aromatic N) is 1. The fraction of sp³-hybridized carbons (Fsp3) is 0.938. The lowest BCUT2D eigenvalue weighted by Crippen LogP contribution is -2.45. The predicted molar refractivity (Wildman–Crippen MR) is 82.4 cm³/mol. The minimum atomic E-state index is 0.102. The van der Waals surface area contributed by atoms with Crippen molar-refractivity contribution >= 4 is 5.91 Å². The molecular weight excluding hydrogens is 250 g/mol. The van der Waals surface area contributed by atoms with Gasteiger partial charge in [0.15, 0.2) is 0 Å². The van der Waals surface area contributed by atoms with Crippen LogP contribution in [0.25, 0.3) is 0 Å². The predicted octanol–water partition coefficient (Wildman–Crippen LogP) is 1.74. The normalized spacial score (nSPS) is 26.5. The van der Waals surface area contributed by atoms with Crippen LogP contribution in [-0.4, -0.2) is 44.0 Å². The van der Waals surface area contributed by atoms with Crippen molar-refractivity contribution in [3.63, 3.8) is 0 Å². The molecule has 0 bridgehead atoms. The highest BCUT2D eigenvalue weighted by Crippen LogP contribution is 2.39. The van der Waals surface area contributed by atoms with Crippen LogP contribution in [0.1, 0.15) is 51.4 Å². The number of nitrogens with one attached hydrogen (secondary N) is 1. The number of carbonyl (C=O) groups is 1. The summed E-state index contributed by atoms with van der Waals surface area (Å²) in [5.74, 6) is 0.969. The van der Waals surface area contributed by atoms with Crippen molar-refractivity contribution in [1.29, 1.82) is 0 Å². The van der Waals surface area contributed by atoms with Crippen molar-refractivity contribution < 1.29 is 4.79 Å². The van der Waals surface area contributed by atoms with Crippen molar-refractivity contribution in [2.24, 2.45) is 17.1 Å². The van der Waals surface area contributed by atoms with Gasteiger partial charge in [0.1, 0.15) is 0 Å². The van der Waals surface area contributed by atoms with E-state index in [1.807, 2.05) is 7.05 Å². The van der Waals surface area contributed by atoms with E-state index in [1.165, 1.54) is 25.7 Å². The summed E-state index contributed by atoms with van der Waals surface area (Å²) in [6.07, 6.45) is 9.14. The second-order valence-electron chi connectivity index (χ2n) is 6.85. The molecule has 1 saturated carbocycles. The molecule has 2 rings (SSSR count). The van der Waals surface area contributed by atoms with Crippen LogP contribution < -0.4 is 11.1 Å². The largest absolute Gasteiger partial charge is 0.342 e. The minimum absolute atomic E-state index is 0.102. The van der Waals surface area contributed by atoms with E-state index in [-0.39, 0.29) is 5.41 Å². The van der Waals surface area contributed by atoms with E-state index in [9.17, 15) is 4.79 Å². The smallest absolute Gasteiger partial charge is 0.223 e. The van der Waals surface area contributed by atoms with Gasteiger partial charge in [0, 0.05) is 19.5 Å². The van der Waals surface area contributed by atoms with Gasteiger partial charge in [-0.25, -0.2) is 0 Å². The molecule has 1 atom stereocenters. The molecule has 0 aromatic carbocycles. The molecule has 0 aromatic rings. The standard InChI is InChI=1S/C16H31N3O/c1-18-11-14-6-5-9-19(12-14)15(20)10-16(13-17)7-3-2-4-8-16/h14,18H,2-13,17H2,1H3. The zero-order valence-corrected chi connectivity index (χ0v) is 13.0. The topological polar surface area (TPSA) is 58.4 Å². The Bertz CT molecular complexity index is 311. The van der Waals surface area contributed by atoms with Gasteiger partial charge in [-0.3, -0.25) is 4.79 Å². The van der Waals surface area contributed by atoms with E-state index in [1.54, 1.807) is 0 Å². The van der Waals surface area contributed by atoms with Crippen LogP contribution in [0.4, 0.5) is 0 Å². The van der Waals surface area contributed by atoms with E-state index in [2.05, 4.69) is 10.2 Å². The maximum atomic E-state index is 12.6. The van der Waals surface area contributed by atoms with Crippen molar-refractivity contribution in [3.05, 3.63) is 0 Å². The molecule has 0 spiro atoms. The zero-order valence-electron chi connectivity index (χ0n) is 13.0. The molecular formula is C16H31N3O. The Kier molecular flexibility index (Phi) is 5.85. The fourth-order valence-corrected chi connectivity index (χ4v) is 3.93. The lowest BCUT2D eigenvalue weighted by molar-refractivity contribution is -0.136. The van der Waals surface area contributed by atoms with Gasteiger partial charge in [0.05, 0.1) is 0 Å². The van der Waals surface area contributed by atoms with Crippen LogP contribution in [0.2, 0.25) is 0 Å². The first-order valence-corrected chi connectivity index (χ1v) is 8.31. The highest BCUT2D eigenvalue weighted by atomic mass is 16.2. The van der Waals surface area contributed by atoms with Gasteiger partial charge in [-0.2, -0.15) is 0 Å². The van der Waals surface area contributed by atoms with Crippen molar-refractivity contribution in [1.82, 2.24) is 10.2 Å². The average Bonchev–Trinajstić information content (AvgIpc) is 2.49. The molecule has 0 aromatic heterocycles. The highest BCUT2D eigenvalue weighted by Gasteiger charge is 2.35. The monoisotopic (exact) mass is 281 g/mol. The molecule has 4 heteroatoms. The molecule has 116 valence electrons. The number of nitrogens with two attached hydrogens (primary N) is 1. The summed E-state index contributed by atoms with van der Waals surface area (Å²) in [6, 6.07) is 0. The molecule has 1 saturated heterocycles. The molecule has 2 fully saturated rings. The van der Waals surface area contributed by atoms with Crippen LogP contribution in [0.5, 0.6) is 0 Å². The molecule has 3 N–H and O–H groups in total. The third-order valence-electron chi connectivity index (χ3n) is 5.24. The molecule has 1 aliphatic heterocycles. The lowest BCUT2D eigenvalue weighted by Gasteiger charge is -2.39. The van der Waals surface area contributed by atoms with Crippen molar-refractivity contribution in [2.75, 3.05) is 33.2 Å². The lowest BCUT2D eigenvalue weighted by atomic mass is 9.71. The molecule has 4 nitrogen and oxygen atoms in total. The van der Waals surface area contributed by atoms with Crippen LogP contribution in [0.15, 0.2) is 0 Å². The maximum Gasteiger partial charge on any atom is 0.223 e. The summed E-state index contributed by atoms with van der Waals surface area (Å²) in [6.45, 7) is 3.57. The Morgan fingerprint density at radius 2 is 2.05 bits per heavy atom. The van der Waals surface area contributed by atoms with Crippen LogP contribution in [0.3, 0.4) is 0 Å². The summed E-state index contributed by atoms with van der Waals surface area (Å²) >= 11 is 0. The first-order chi connectivity index (χ1) is 9.69. The van der Waals surface area contributed by atoms with Crippen LogP contribution in [0, 0.1) is 11.3 Å². The Morgan fingerprint density at radius 1 is 1.30 bits per heavy atom. The van der Waals surface area contributed by atoms with Gasteiger partial charge in [0.2, 0.25) is 5.91 Å². The number of piperidine rings is 1. The van der Waals surface area contributed by atoms with E-state index >= 15 is 0 Å². The van der Waals surface area contributed by atoms with Gasteiger partial charge in [-0.1, -0.05) is 19.3 Å². The molecule has 0 radical (unpaired) electrons. The number of likely N-dealkylation sites (tertiary alicyclic amines) is 1. The van der Waals surface area contributed by atoms with Gasteiger partial charge in [-0.15, -0.1) is 0 Å². The van der Waals surface area contributed by atoms with E-state index < -0.39 is 0 Å². The number of amides is 1. The summed E-state index contributed by atoms with van der Waals surface area (Å²) in [7, 11) is 1.99. The van der Waals surface area contributed by atoms with Crippen LogP contribution >= 0.6 is 0 Å². The van der Waals surface area contributed by atoms with Gasteiger partial charge >= 0.3 is 0 Å². The SMILES string of the molecule is CNCC1CCCN(C(=O)CC2(CN)CCCCC2)C1. The number of hydrogen-bond acceptors (Lipinski definition) is 3. The zero-order chi connectivity index (χ0) is 14.4. The number of hydrogen-bond donors (Lipinski definition) is 2.